The van der Waals surface area contributed by atoms with Crippen molar-refractivity contribution >= 4 is 46.7 Å². The molecular formula is C40H48ClN3O11. The lowest BCUT2D eigenvalue weighted by Gasteiger charge is -2.41. The van der Waals surface area contributed by atoms with E-state index in [1.54, 1.807) is 33.0 Å². The van der Waals surface area contributed by atoms with Crippen LogP contribution in [0.5, 0.6) is 0 Å². The molecule has 0 aromatic heterocycles. The number of rotatable bonds is 6. The number of carbonyl (C=O) groups is 4. The van der Waals surface area contributed by atoms with Gasteiger partial charge >= 0.3 is 11.9 Å². The minimum absolute atomic E-state index is 0.0205. The van der Waals surface area contributed by atoms with Crippen LogP contribution in [0.15, 0.2) is 60.2 Å². The fraction of sp³-hybridized carbons (Fsp3) is 0.500. The molecule has 296 valence electrons. The minimum Gasteiger partial charge on any atom is -0.462 e. The van der Waals surface area contributed by atoms with Crippen LogP contribution >= 0.6 is 11.6 Å². The third kappa shape index (κ3) is 8.62. The SMILES string of the molecule is CO[C@@H]1/C=C/C=C(\C)Cc2cc(C)c(Cl)c(c2)N(C)C(=O)C[C@H](OC(=O)[C@H](C)N(C)C(=O)c2ccccc2[N+](=O)[O-])[C@]2(C)O[C@H]2[C@H](C)[C@@H]2C[C@@]1(O)CC(=O)O2. The number of para-hydroxylation sites is 1. The number of methoxy groups -OCH3 is 1. The molecule has 0 aliphatic carbocycles. The monoisotopic (exact) mass is 781 g/mol. The maximum absolute atomic E-state index is 14.1. The highest BCUT2D eigenvalue weighted by Gasteiger charge is 2.64. The summed E-state index contributed by atoms with van der Waals surface area (Å²) in [5.41, 5.74) is -0.478. The second-order valence-corrected chi connectivity index (χ2v) is 15.4. The van der Waals surface area contributed by atoms with Crippen LogP contribution < -0.4 is 4.90 Å². The molecule has 2 fully saturated rings. The van der Waals surface area contributed by atoms with E-state index in [2.05, 4.69) is 0 Å². The number of halogens is 1. The van der Waals surface area contributed by atoms with Crippen molar-refractivity contribution in [3.63, 3.8) is 0 Å². The molecule has 55 heavy (non-hydrogen) atoms. The van der Waals surface area contributed by atoms with Gasteiger partial charge in [-0.2, -0.15) is 0 Å². The smallest absolute Gasteiger partial charge is 0.328 e. The summed E-state index contributed by atoms with van der Waals surface area (Å²) in [6, 6.07) is 7.91. The van der Waals surface area contributed by atoms with Crippen molar-refractivity contribution in [3.8, 4) is 0 Å². The standard InChI is InChI=1S/C40H48ClN3O11/c1-22-12-11-15-31(52-8)40(49)20-30(53-34(46)21-40)24(3)36-39(5,55-36)32(19-33(45)43(7)29-18-26(16-22)17-23(2)35(29)41)54-38(48)25(4)42(6)37(47)27-13-9-10-14-28(27)44(50)51/h9-15,17-18,24-25,30-32,36,49H,16,19-21H2,1-8H3/b15-11+,22-12+/t24-,25+,30+,31-,32+,36+,39+,40-/m1/s1. The van der Waals surface area contributed by atoms with Gasteiger partial charge in [0.05, 0.1) is 34.6 Å². The first-order valence-corrected chi connectivity index (χ1v) is 18.4. The van der Waals surface area contributed by atoms with Gasteiger partial charge in [0.15, 0.2) is 0 Å². The molecule has 2 saturated heterocycles. The van der Waals surface area contributed by atoms with Crippen LogP contribution in [0.25, 0.3) is 0 Å². The molecule has 14 nitrogen and oxygen atoms in total. The Morgan fingerprint density at radius 1 is 1.20 bits per heavy atom. The number of carbonyl (C=O) groups excluding carboxylic acids is 4. The van der Waals surface area contributed by atoms with Crippen LogP contribution in [0, 0.1) is 23.0 Å². The number of allylic oxidation sites excluding steroid dienone is 3. The molecule has 0 spiro atoms. The highest BCUT2D eigenvalue weighted by atomic mass is 35.5. The second kappa shape index (κ2) is 16.2. The molecule has 1 N–H and O–H groups in total. The first-order chi connectivity index (χ1) is 25.8. The van der Waals surface area contributed by atoms with Crippen LogP contribution in [0.3, 0.4) is 0 Å². The second-order valence-electron chi connectivity index (χ2n) is 15.0. The summed E-state index contributed by atoms with van der Waals surface area (Å²) in [5, 5.41) is 23.8. The Kier molecular flexibility index (Phi) is 12.3. The third-order valence-electron chi connectivity index (χ3n) is 11.0. The Bertz CT molecular complexity index is 1930. The molecule has 2 amide bonds. The largest absolute Gasteiger partial charge is 0.462 e. The van der Waals surface area contributed by atoms with E-state index in [0.29, 0.717) is 17.1 Å². The van der Waals surface area contributed by atoms with Crippen LogP contribution in [0.2, 0.25) is 5.02 Å². The van der Waals surface area contributed by atoms with E-state index in [1.807, 2.05) is 32.1 Å². The van der Waals surface area contributed by atoms with E-state index in [0.717, 1.165) is 21.6 Å². The molecule has 0 radical (unpaired) electrons. The zero-order valence-corrected chi connectivity index (χ0v) is 33.0. The maximum Gasteiger partial charge on any atom is 0.328 e. The number of esters is 2. The number of nitrogens with zero attached hydrogens (tertiary/aromatic N) is 3. The maximum atomic E-state index is 14.1. The molecular weight excluding hydrogens is 734 g/mol. The Morgan fingerprint density at radius 2 is 1.89 bits per heavy atom. The molecule has 8 atom stereocenters. The number of nitro benzene ring substituents is 1. The van der Waals surface area contributed by atoms with E-state index in [4.69, 9.17) is 30.5 Å². The van der Waals surface area contributed by atoms with E-state index >= 15 is 0 Å². The number of ether oxygens (including phenoxy) is 4. The van der Waals surface area contributed by atoms with Crippen LogP contribution in [-0.4, -0.2) is 102 Å². The number of fused-ring (bicyclic) bond motifs is 5. The average Bonchev–Trinajstić information content (AvgIpc) is 3.83. The predicted octanol–water partition coefficient (Wildman–Crippen LogP) is 5.29. The van der Waals surface area contributed by atoms with Crippen molar-refractivity contribution in [1.29, 1.82) is 0 Å². The molecule has 0 saturated carbocycles. The number of nitro groups is 1. The molecule has 4 bridgehead atoms. The quantitative estimate of drug-likeness (QED) is 0.174. The summed E-state index contributed by atoms with van der Waals surface area (Å²) in [6.45, 7) is 8.66. The summed E-state index contributed by atoms with van der Waals surface area (Å²) < 4.78 is 23.7. The lowest BCUT2D eigenvalue weighted by Crippen LogP contribution is -2.53. The molecule has 15 heteroatoms. The summed E-state index contributed by atoms with van der Waals surface area (Å²) >= 11 is 6.76. The van der Waals surface area contributed by atoms with Crippen molar-refractivity contribution in [2.45, 2.75) is 102 Å². The van der Waals surface area contributed by atoms with Crippen molar-refractivity contribution in [2.24, 2.45) is 5.92 Å². The van der Waals surface area contributed by atoms with Crippen LogP contribution in [0.4, 0.5) is 11.4 Å². The van der Waals surface area contributed by atoms with E-state index in [-0.39, 0.29) is 24.8 Å². The number of hydrogen-bond donors (Lipinski definition) is 1. The third-order valence-corrected chi connectivity index (χ3v) is 11.5. The molecule has 2 aromatic carbocycles. The summed E-state index contributed by atoms with van der Waals surface area (Å²) in [6.07, 6.45) is 1.64. The summed E-state index contributed by atoms with van der Waals surface area (Å²) in [7, 11) is 4.35. The van der Waals surface area contributed by atoms with E-state index < -0.39 is 81.9 Å². The van der Waals surface area contributed by atoms with E-state index in [1.165, 1.54) is 50.2 Å². The summed E-state index contributed by atoms with van der Waals surface area (Å²) in [4.78, 5) is 67.8. The zero-order chi connectivity index (χ0) is 40.6. The topological polar surface area (TPSA) is 178 Å². The van der Waals surface area contributed by atoms with Gasteiger partial charge in [0.2, 0.25) is 5.91 Å². The molecule has 5 rings (SSSR count). The van der Waals surface area contributed by atoms with Gasteiger partial charge in [0, 0.05) is 39.6 Å². The van der Waals surface area contributed by atoms with Crippen molar-refractivity contribution in [1.82, 2.24) is 4.90 Å². The Hall–Kier alpha value is -4.63. The lowest BCUT2D eigenvalue weighted by molar-refractivity contribution is -0.385. The predicted molar refractivity (Wildman–Crippen MR) is 203 cm³/mol. The zero-order valence-electron chi connectivity index (χ0n) is 32.2. The number of amides is 2. The number of aliphatic hydroxyl groups is 1. The molecule has 3 aliphatic heterocycles. The highest BCUT2D eigenvalue weighted by Crippen LogP contribution is 2.49. The number of hydrogen-bond acceptors (Lipinski definition) is 11. The van der Waals surface area contributed by atoms with Crippen molar-refractivity contribution in [2.75, 3.05) is 26.1 Å². The van der Waals surface area contributed by atoms with Crippen LogP contribution in [0.1, 0.15) is 68.4 Å². The fourth-order valence-corrected chi connectivity index (χ4v) is 7.71. The van der Waals surface area contributed by atoms with Gasteiger partial charge in [0.1, 0.15) is 41.1 Å². The van der Waals surface area contributed by atoms with Gasteiger partial charge < -0.3 is 33.9 Å². The fourth-order valence-electron chi connectivity index (χ4n) is 7.47. The van der Waals surface area contributed by atoms with Crippen molar-refractivity contribution < 1.29 is 48.2 Å². The molecule has 2 aromatic rings. The first-order valence-electron chi connectivity index (χ1n) is 18.0. The average molecular weight is 782 g/mol. The number of benzene rings is 2. The Balaban J connectivity index is 1.51. The first kappa shape index (κ1) is 41.5. The Morgan fingerprint density at radius 3 is 2.56 bits per heavy atom. The normalized spacial score (nSPS) is 30.5. The van der Waals surface area contributed by atoms with Gasteiger partial charge in [-0.3, -0.25) is 24.5 Å². The van der Waals surface area contributed by atoms with Gasteiger partial charge in [0.25, 0.3) is 11.6 Å². The van der Waals surface area contributed by atoms with Gasteiger partial charge in [-0.25, -0.2) is 4.79 Å². The van der Waals surface area contributed by atoms with E-state index in [9.17, 15) is 34.4 Å². The Labute approximate surface area is 325 Å². The minimum atomic E-state index is -1.61. The molecule has 0 unspecified atom stereocenters. The van der Waals surface area contributed by atoms with Gasteiger partial charge in [-0.1, -0.05) is 60.5 Å². The number of epoxide rings is 1. The number of anilines is 1. The van der Waals surface area contributed by atoms with Gasteiger partial charge in [-0.05, 0) is 57.4 Å². The number of aryl methyl sites for hydroxylation is 1. The molecule has 3 aliphatic rings. The van der Waals surface area contributed by atoms with Gasteiger partial charge in [-0.15, -0.1) is 0 Å². The lowest BCUT2D eigenvalue weighted by atomic mass is 9.78. The highest BCUT2D eigenvalue weighted by molar-refractivity contribution is 6.34. The summed E-state index contributed by atoms with van der Waals surface area (Å²) in [5.74, 6) is -3.28. The number of likely N-dealkylation sites (N-methyl/N-ethyl adjacent to an activating group) is 1. The van der Waals surface area contributed by atoms with Crippen molar-refractivity contribution in [3.05, 3.63) is 92.0 Å². The van der Waals surface area contributed by atoms with Crippen LogP contribution in [-0.2, 0) is 39.8 Å². The molecule has 3 heterocycles.